The number of hydrogen-bond donors (Lipinski definition) is 2. The number of carbonyl (C=O) groups excluding carboxylic acids is 1. The second-order valence-electron chi connectivity index (χ2n) is 8.33. The van der Waals surface area contributed by atoms with Crippen molar-refractivity contribution in [3.05, 3.63) is 84.6 Å². The van der Waals surface area contributed by atoms with Crippen molar-refractivity contribution in [1.29, 1.82) is 0 Å². The first-order valence-corrected chi connectivity index (χ1v) is 11.1. The van der Waals surface area contributed by atoms with Crippen molar-refractivity contribution in [1.82, 2.24) is 9.47 Å². The Balaban J connectivity index is 1.44. The number of rotatable bonds is 9. The van der Waals surface area contributed by atoms with Gasteiger partial charge in [-0.1, -0.05) is 12.1 Å². The first-order valence-electron chi connectivity index (χ1n) is 11.1. The molecule has 0 aliphatic carbocycles. The van der Waals surface area contributed by atoms with Crippen LogP contribution in [0.2, 0.25) is 0 Å². The van der Waals surface area contributed by atoms with Crippen LogP contribution in [0, 0.1) is 0 Å². The quantitative estimate of drug-likeness (QED) is 0.354. The van der Waals surface area contributed by atoms with Crippen LogP contribution in [-0.2, 0) is 6.54 Å². The van der Waals surface area contributed by atoms with Gasteiger partial charge in [-0.25, -0.2) is 0 Å². The maximum absolute atomic E-state index is 12.7. The lowest BCUT2D eigenvalue weighted by molar-refractivity contribution is 0.102. The van der Waals surface area contributed by atoms with Crippen LogP contribution in [0.25, 0.3) is 10.9 Å². The highest BCUT2D eigenvalue weighted by Gasteiger charge is 2.09. The number of aromatic nitrogens is 1. The molecule has 6 heteroatoms. The molecule has 0 saturated heterocycles. The number of methoxy groups -OCH3 is 1. The zero-order valence-electron chi connectivity index (χ0n) is 19.3. The molecule has 0 aliphatic rings. The number of amides is 1. The van der Waals surface area contributed by atoms with Gasteiger partial charge >= 0.3 is 0 Å². The highest BCUT2D eigenvalue weighted by molar-refractivity contribution is 6.05. The van der Waals surface area contributed by atoms with Gasteiger partial charge < -0.3 is 24.8 Å². The highest BCUT2D eigenvalue weighted by Crippen LogP contribution is 2.25. The molecule has 0 fully saturated rings. The fraction of sp³-hybridized carbons (Fsp3) is 0.222. The average Bonchev–Trinajstić information content (AvgIpc) is 3.21. The maximum atomic E-state index is 12.7. The van der Waals surface area contributed by atoms with Crippen LogP contribution in [0.15, 0.2) is 79.0 Å². The first kappa shape index (κ1) is 22.4. The summed E-state index contributed by atoms with van der Waals surface area (Å²) in [7, 11) is 5.81. The number of aryl methyl sites for hydroxylation is 1. The molecule has 0 aliphatic heterocycles. The van der Waals surface area contributed by atoms with E-state index in [1.165, 1.54) is 10.9 Å². The van der Waals surface area contributed by atoms with E-state index >= 15 is 0 Å². The first-order chi connectivity index (χ1) is 16.0. The van der Waals surface area contributed by atoms with Crippen LogP contribution >= 0.6 is 0 Å². The summed E-state index contributed by atoms with van der Waals surface area (Å²) < 4.78 is 7.52. The number of carbonyl (C=O) groups is 1. The van der Waals surface area contributed by atoms with E-state index in [4.69, 9.17) is 4.74 Å². The summed E-state index contributed by atoms with van der Waals surface area (Å²) in [6.07, 6.45) is 3.26. The third kappa shape index (κ3) is 5.73. The summed E-state index contributed by atoms with van der Waals surface area (Å²) in [5, 5.41) is 7.54. The lowest BCUT2D eigenvalue weighted by Gasteiger charge is -2.12. The molecule has 0 unspecified atom stereocenters. The van der Waals surface area contributed by atoms with Gasteiger partial charge in [-0.05, 0) is 81.7 Å². The molecule has 4 rings (SSSR count). The Morgan fingerprint density at radius 3 is 2.55 bits per heavy atom. The Morgan fingerprint density at radius 1 is 0.939 bits per heavy atom. The predicted octanol–water partition coefficient (Wildman–Crippen LogP) is 5.60. The van der Waals surface area contributed by atoms with E-state index in [0.717, 1.165) is 30.9 Å². The van der Waals surface area contributed by atoms with Crippen LogP contribution in [0.4, 0.5) is 17.1 Å². The summed E-state index contributed by atoms with van der Waals surface area (Å²) in [5.74, 6) is 0.530. The van der Waals surface area contributed by atoms with Crippen molar-refractivity contribution in [3.8, 4) is 5.75 Å². The van der Waals surface area contributed by atoms with E-state index in [1.54, 1.807) is 19.2 Å². The van der Waals surface area contributed by atoms with E-state index in [9.17, 15) is 4.79 Å². The van der Waals surface area contributed by atoms with Gasteiger partial charge in [0.05, 0.1) is 7.11 Å². The number of nitrogens with one attached hydrogen (secondary N) is 2. The Bertz CT molecular complexity index is 1250. The van der Waals surface area contributed by atoms with Crippen LogP contribution in [0.3, 0.4) is 0 Å². The summed E-state index contributed by atoms with van der Waals surface area (Å²) in [6.45, 7) is 2.07. The molecule has 33 heavy (non-hydrogen) atoms. The monoisotopic (exact) mass is 442 g/mol. The number of anilines is 3. The van der Waals surface area contributed by atoms with E-state index in [1.807, 2.05) is 36.4 Å². The number of ether oxygens (including phenoxy) is 1. The molecule has 0 saturated carbocycles. The van der Waals surface area contributed by atoms with E-state index in [0.29, 0.717) is 17.0 Å². The van der Waals surface area contributed by atoms with Crippen molar-refractivity contribution < 1.29 is 9.53 Å². The second kappa shape index (κ2) is 10.2. The molecule has 170 valence electrons. The van der Waals surface area contributed by atoms with Gasteiger partial charge in [-0.15, -0.1) is 0 Å². The third-order valence-corrected chi connectivity index (χ3v) is 5.52. The van der Waals surface area contributed by atoms with Crippen LogP contribution < -0.4 is 15.4 Å². The third-order valence-electron chi connectivity index (χ3n) is 5.52. The maximum Gasteiger partial charge on any atom is 0.255 e. The Morgan fingerprint density at radius 2 is 1.73 bits per heavy atom. The molecule has 4 aromatic rings. The normalized spacial score (nSPS) is 11.0. The van der Waals surface area contributed by atoms with E-state index < -0.39 is 0 Å². The fourth-order valence-electron chi connectivity index (χ4n) is 3.84. The van der Waals surface area contributed by atoms with Gasteiger partial charge in [0.2, 0.25) is 0 Å². The highest BCUT2D eigenvalue weighted by atomic mass is 16.5. The standard InChI is InChI=1S/C27H30N4O2/c1-30(2)14-6-15-31-16-13-20-17-24(11-12-26(20)31)28-22-8-4-7-21(18-22)27(32)29-23-9-5-10-25(19-23)33-3/h4-5,7-13,16-19,28H,6,14-15H2,1-3H3,(H,29,32). The van der Waals surface area contributed by atoms with Gasteiger partial charge in [0.15, 0.2) is 0 Å². The Kier molecular flexibility index (Phi) is 6.95. The number of nitrogens with zero attached hydrogens (tertiary/aromatic N) is 2. The lowest BCUT2D eigenvalue weighted by Crippen LogP contribution is -2.14. The molecule has 1 heterocycles. The fourth-order valence-corrected chi connectivity index (χ4v) is 3.84. The lowest BCUT2D eigenvalue weighted by atomic mass is 10.1. The molecule has 6 nitrogen and oxygen atoms in total. The molecule has 1 amide bonds. The topological polar surface area (TPSA) is 58.5 Å². The minimum atomic E-state index is -0.169. The largest absolute Gasteiger partial charge is 0.497 e. The van der Waals surface area contributed by atoms with Crippen LogP contribution in [0.5, 0.6) is 5.75 Å². The SMILES string of the molecule is COc1cccc(NC(=O)c2cccc(Nc3ccc4c(ccn4CCCN(C)C)c3)c2)c1. The van der Waals surface area contributed by atoms with Gasteiger partial charge in [0, 0.05) is 52.3 Å². The number of hydrogen-bond acceptors (Lipinski definition) is 4. The molecule has 0 bridgehead atoms. The minimum absolute atomic E-state index is 0.169. The zero-order chi connectivity index (χ0) is 23.2. The average molecular weight is 443 g/mol. The molecule has 1 aromatic heterocycles. The van der Waals surface area contributed by atoms with E-state index in [2.05, 4.69) is 64.7 Å². The van der Waals surface area contributed by atoms with Crippen molar-refractivity contribution in [2.75, 3.05) is 38.4 Å². The number of benzene rings is 3. The Labute approximate surface area is 194 Å². The molecule has 2 N–H and O–H groups in total. The molecular formula is C27H30N4O2. The zero-order valence-corrected chi connectivity index (χ0v) is 19.3. The summed E-state index contributed by atoms with van der Waals surface area (Å²) in [5.41, 5.74) is 4.34. The molecule has 0 atom stereocenters. The summed E-state index contributed by atoms with van der Waals surface area (Å²) in [4.78, 5) is 14.9. The molecule has 0 spiro atoms. The van der Waals surface area contributed by atoms with Gasteiger partial charge in [0.1, 0.15) is 5.75 Å². The summed E-state index contributed by atoms with van der Waals surface area (Å²) >= 11 is 0. The second-order valence-corrected chi connectivity index (χ2v) is 8.33. The Hall–Kier alpha value is -3.77. The van der Waals surface area contributed by atoms with Gasteiger partial charge in [-0.3, -0.25) is 4.79 Å². The van der Waals surface area contributed by atoms with Gasteiger partial charge in [0.25, 0.3) is 5.91 Å². The smallest absolute Gasteiger partial charge is 0.255 e. The molecular weight excluding hydrogens is 412 g/mol. The van der Waals surface area contributed by atoms with Crippen molar-refractivity contribution in [3.63, 3.8) is 0 Å². The number of fused-ring (bicyclic) bond motifs is 1. The van der Waals surface area contributed by atoms with Crippen molar-refractivity contribution >= 4 is 33.9 Å². The molecule has 0 radical (unpaired) electrons. The predicted molar refractivity (Wildman–Crippen MR) is 136 cm³/mol. The van der Waals surface area contributed by atoms with Gasteiger partial charge in [-0.2, -0.15) is 0 Å². The van der Waals surface area contributed by atoms with E-state index in [-0.39, 0.29) is 5.91 Å². The van der Waals surface area contributed by atoms with Crippen molar-refractivity contribution in [2.24, 2.45) is 0 Å². The summed E-state index contributed by atoms with van der Waals surface area (Å²) in [6, 6.07) is 23.3. The van der Waals surface area contributed by atoms with Crippen LogP contribution in [-0.4, -0.2) is 43.1 Å². The molecule has 3 aromatic carbocycles. The minimum Gasteiger partial charge on any atom is -0.497 e. The van der Waals surface area contributed by atoms with Crippen LogP contribution in [0.1, 0.15) is 16.8 Å². The van der Waals surface area contributed by atoms with Crippen molar-refractivity contribution in [2.45, 2.75) is 13.0 Å².